The van der Waals surface area contributed by atoms with E-state index in [0.29, 0.717) is 25.1 Å². The fourth-order valence-corrected chi connectivity index (χ4v) is 5.45. The molecule has 0 saturated heterocycles. The second kappa shape index (κ2) is 14.5. The Bertz CT molecular complexity index is 1310. The van der Waals surface area contributed by atoms with Gasteiger partial charge in [-0.25, -0.2) is 8.42 Å². The van der Waals surface area contributed by atoms with Crippen LogP contribution in [0.5, 0.6) is 0 Å². The lowest BCUT2D eigenvalue weighted by molar-refractivity contribution is -0.141. The summed E-state index contributed by atoms with van der Waals surface area (Å²) in [6.07, 6.45) is 2.76. The van der Waals surface area contributed by atoms with Crippen LogP contribution >= 0.6 is 0 Å². The summed E-state index contributed by atoms with van der Waals surface area (Å²) in [5.41, 5.74) is 3.53. The molecule has 0 unspecified atom stereocenters. The summed E-state index contributed by atoms with van der Waals surface area (Å²) in [4.78, 5) is 28.9. The molecule has 8 heteroatoms. The van der Waals surface area contributed by atoms with Gasteiger partial charge in [0.15, 0.2) is 0 Å². The number of benzene rings is 3. The first-order chi connectivity index (χ1) is 18.7. The first-order valence-corrected chi connectivity index (χ1v) is 15.2. The Labute approximate surface area is 232 Å². The quantitative estimate of drug-likeness (QED) is 0.316. The molecule has 3 rings (SSSR count). The van der Waals surface area contributed by atoms with Crippen LogP contribution in [0.3, 0.4) is 0 Å². The topological polar surface area (TPSA) is 86.8 Å². The van der Waals surface area contributed by atoms with Gasteiger partial charge < -0.3 is 10.2 Å². The van der Waals surface area contributed by atoms with E-state index in [2.05, 4.69) is 5.32 Å². The number of para-hydroxylation sites is 1. The molecule has 0 aromatic heterocycles. The Morgan fingerprint density at radius 1 is 0.897 bits per heavy atom. The molecule has 3 aromatic rings. The summed E-state index contributed by atoms with van der Waals surface area (Å²) in [5, 5.41) is 2.98. The Kier molecular flexibility index (Phi) is 11.1. The van der Waals surface area contributed by atoms with Crippen LogP contribution in [0.4, 0.5) is 5.69 Å². The first-order valence-electron chi connectivity index (χ1n) is 13.4. The van der Waals surface area contributed by atoms with Gasteiger partial charge in [0.25, 0.3) is 0 Å². The second-order valence-corrected chi connectivity index (χ2v) is 11.6. The normalized spacial score (nSPS) is 12.0. The molecule has 0 bridgehead atoms. The zero-order chi connectivity index (χ0) is 28.3. The van der Waals surface area contributed by atoms with Gasteiger partial charge in [0.05, 0.1) is 11.9 Å². The Balaban J connectivity index is 1.87. The summed E-state index contributed by atoms with van der Waals surface area (Å²) < 4.78 is 26.3. The van der Waals surface area contributed by atoms with Crippen LogP contribution in [-0.2, 0) is 32.6 Å². The molecule has 1 N–H and O–H groups in total. The van der Waals surface area contributed by atoms with Gasteiger partial charge in [0.1, 0.15) is 6.04 Å². The van der Waals surface area contributed by atoms with Crippen LogP contribution in [-0.4, -0.2) is 50.5 Å². The van der Waals surface area contributed by atoms with E-state index in [1.54, 1.807) is 29.2 Å². The number of amides is 2. The lowest BCUT2D eigenvalue weighted by Crippen LogP contribution is -2.50. The van der Waals surface area contributed by atoms with Crippen molar-refractivity contribution in [3.05, 3.63) is 102 Å². The number of nitrogens with one attached hydrogen (secondary N) is 1. The van der Waals surface area contributed by atoms with Gasteiger partial charge in [-0.1, -0.05) is 79.7 Å². The third kappa shape index (κ3) is 8.96. The summed E-state index contributed by atoms with van der Waals surface area (Å²) in [6, 6.07) is 25.7. The van der Waals surface area contributed by atoms with Crippen molar-refractivity contribution in [1.29, 1.82) is 0 Å². The van der Waals surface area contributed by atoms with E-state index in [4.69, 9.17) is 0 Å². The van der Waals surface area contributed by atoms with Crippen molar-refractivity contribution in [3.8, 4) is 0 Å². The molecular weight excluding hydrogens is 510 g/mol. The average Bonchev–Trinajstić information content (AvgIpc) is 2.92. The number of rotatable bonds is 14. The van der Waals surface area contributed by atoms with E-state index in [9.17, 15) is 18.0 Å². The highest BCUT2D eigenvalue weighted by Crippen LogP contribution is 2.20. The van der Waals surface area contributed by atoms with Crippen molar-refractivity contribution >= 4 is 27.5 Å². The third-order valence-electron chi connectivity index (χ3n) is 6.62. The van der Waals surface area contributed by atoms with E-state index in [1.165, 1.54) is 10.6 Å². The fraction of sp³-hybridized carbons (Fsp3) is 0.355. The molecule has 1 atom stereocenters. The number of sulfonamides is 1. The van der Waals surface area contributed by atoms with Gasteiger partial charge >= 0.3 is 0 Å². The van der Waals surface area contributed by atoms with Crippen molar-refractivity contribution in [2.24, 2.45) is 0 Å². The van der Waals surface area contributed by atoms with E-state index in [0.717, 1.165) is 23.1 Å². The maximum Gasteiger partial charge on any atom is 0.243 e. The molecule has 0 aliphatic rings. The SMILES string of the molecule is CCCNC(=O)[C@@H](Cc1ccccc1)N(Cc1ccccc1C)C(=O)CCCN(c1ccccc1)S(C)(=O)=O. The predicted octanol–water partition coefficient (Wildman–Crippen LogP) is 4.71. The van der Waals surface area contributed by atoms with Crippen LogP contribution in [0.25, 0.3) is 0 Å². The average molecular weight is 550 g/mol. The molecule has 7 nitrogen and oxygen atoms in total. The van der Waals surface area contributed by atoms with Crippen molar-refractivity contribution < 1.29 is 18.0 Å². The van der Waals surface area contributed by atoms with Crippen molar-refractivity contribution in [2.75, 3.05) is 23.7 Å². The number of carbonyl (C=O) groups excluding carboxylic acids is 2. The molecule has 208 valence electrons. The predicted molar refractivity (Wildman–Crippen MR) is 157 cm³/mol. The van der Waals surface area contributed by atoms with Crippen molar-refractivity contribution in [2.45, 2.75) is 52.1 Å². The first kappa shape index (κ1) is 29.9. The zero-order valence-corrected chi connectivity index (χ0v) is 23.9. The minimum Gasteiger partial charge on any atom is -0.354 e. The van der Waals surface area contributed by atoms with E-state index in [-0.39, 0.29) is 31.3 Å². The highest BCUT2D eigenvalue weighted by molar-refractivity contribution is 7.92. The van der Waals surface area contributed by atoms with Gasteiger partial charge in [-0.3, -0.25) is 13.9 Å². The minimum atomic E-state index is -3.53. The van der Waals surface area contributed by atoms with E-state index < -0.39 is 16.1 Å². The molecule has 3 aromatic carbocycles. The standard InChI is InChI=1S/C31H39N3O4S/c1-4-21-32-31(36)29(23-26-15-7-5-8-16-26)33(24-27-17-12-11-14-25(27)2)30(35)20-13-22-34(39(3,37)38)28-18-9-6-10-19-28/h5-12,14-19,29H,4,13,20-24H2,1-3H3,(H,32,36)/t29-/m1/s1. The van der Waals surface area contributed by atoms with Crippen LogP contribution < -0.4 is 9.62 Å². The molecule has 0 aliphatic carbocycles. The van der Waals surface area contributed by atoms with Crippen LogP contribution in [0.15, 0.2) is 84.9 Å². The molecule has 39 heavy (non-hydrogen) atoms. The summed E-state index contributed by atoms with van der Waals surface area (Å²) in [7, 11) is -3.53. The smallest absolute Gasteiger partial charge is 0.243 e. The molecular formula is C31H39N3O4S. The zero-order valence-electron chi connectivity index (χ0n) is 23.0. The Morgan fingerprint density at radius 3 is 2.13 bits per heavy atom. The molecule has 0 heterocycles. The Morgan fingerprint density at radius 2 is 1.51 bits per heavy atom. The van der Waals surface area contributed by atoms with Gasteiger partial charge in [-0.05, 0) is 48.6 Å². The molecule has 0 radical (unpaired) electrons. The second-order valence-electron chi connectivity index (χ2n) is 9.72. The fourth-order valence-electron chi connectivity index (χ4n) is 4.49. The summed E-state index contributed by atoms with van der Waals surface area (Å²) in [6.45, 7) is 4.96. The number of carbonyl (C=O) groups is 2. The molecule has 0 fully saturated rings. The largest absolute Gasteiger partial charge is 0.354 e. The van der Waals surface area contributed by atoms with Gasteiger partial charge in [-0.2, -0.15) is 0 Å². The molecule has 0 saturated carbocycles. The Hall–Kier alpha value is -3.65. The van der Waals surface area contributed by atoms with Gasteiger partial charge in [0.2, 0.25) is 21.8 Å². The lowest BCUT2D eigenvalue weighted by Gasteiger charge is -2.32. The van der Waals surface area contributed by atoms with E-state index in [1.807, 2.05) is 74.5 Å². The summed E-state index contributed by atoms with van der Waals surface area (Å²) in [5.74, 6) is -0.378. The maximum atomic E-state index is 13.8. The molecule has 0 aliphatic heterocycles. The highest BCUT2D eigenvalue weighted by atomic mass is 32.2. The maximum absolute atomic E-state index is 13.8. The van der Waals surface area contributed by atoms with Crippen molar-refractivity contribution in [1.82, 2.24) is 10.2 Å². The molecule has 0 spiro atoms. The van der Waals surface area contributed by atoms with Gasteiger partial charge in [-0.15, -0.1) is 0 Å². The number of hydrogen-bond donors (Lipinski definition) is 1. The molecule has 2 amide bonds. The number of hydrogen-bond acceptors (Lipinski definition) is 4. The van der Waals surface area contributed by atoms with Crippen LogP contribution in [0.2, 0.25) is 0 Å². The third-order valence-corrected chi connectivity index (χ3v) is 7.81. The van der Waals surface area contributed by atoms with Crippen LogP contribution in [0.1, 0.15) is 42.9 Å². The monoisotopic (exact) mass is 549 g/mol. The number of nitrogens with zero attached hydrogens (tertiary/aromatic N) is 2. The highest BCUT2D eigenvalue weighted by Gasteiger charge is 2.30. The minimum absolute atomic E-state index is 0.108. The number of aryl methyl sites for hydroxylation is 1. The summed E-state index contributed by atoms with van der Waals surface area (Å²) >= 11 is 0. The lowest BCUT2D eigenvalue weighted by atomic mass is 10.0. The van der Waals surface area contributed by atoms with Gasteiger partial charge in [0, 0.05) is 32.5 Å². The van der Waals surface area contributed by atoms with E-state index >= 15 is 0 Å². The van der Waals surface area contributed by atoms with Crippen LogP contribution in [0, 0.1) is 6.92 Å². The van der Waals surface area contributed by atoms with Crippen molar-refractivity contribution in [3.63, 3.8) is 0 Å². The number of anilines is 1.